The van der Waals surface area contributed by atoms with Gasteiger partial charge >= 0.3 is 0 Å². The molecule has 4 rings (SSSR count). The van der Waals surface area contributed by atoms with Crippen LogP contribution in [0.25, 0.3) is 21.5 Å². The lowest BCUT2D eigenvalue weighted by Gasteiger charge is -2.25. The minimum Gasteiger partial charge on any atom is -0.354 e. The Morgan fingerprint density at radius 1 is 0.868 bits per heavy atom. The van der Waals surface area contributed by atoms with Crippen molar-refractivity contribution >= 4 is 39.8 Å². The van der Waals surface area contributed by atoms with Crippen molar-refractivity contribution in [2.45, 2.75) is 38.4 Å². The highest BCUT2D eigenvalue weighted by atomic mass is 16.2. The van der Waals surface area contributed by atoms with Crippen molar-refractivity contribution < 1.29 is 14.4 Å². The van der Waals surface area contributed by atoms with Gasteiger partial charge in [0.15, 0.2) is 0 Å². The van der Waals surface area contributed by atoms with Gasteiger partial charge in [-0.1, -0.05) is 84.9 Å². The van der Waals surface area contributed by atoms with Gasteiger partial charge in [-0.2, -0.15) is 0 Å². The molecule has 0 aliphatic heterocycles. The number of carbonyl (C=O) groups is 3. The number of rotatable bonds is 11. The average Bonchev–Trinajstić information content (AvgIpc) is 2.90. The molecule has 4 aromatic rings. The Hall–Kier alpha value is -4.23. The SMILES string of the molecule is CC(C)(N)C(=O)NC[C@H](Cc1ccc2ccccc2c1)C(=O)N[C@H](Cc1cccc2ccccc12)NC=O. The highest BCUT2D eigenvalue weighted by molar-refractivity contribution is 5.87. The van der Waals surface area contributed by atoms with Gasteiger partial charge < -0.3 is 21.7 Å². The average molecular weight is 511 g/mol. The summed E-state index contributed by atoms with van der Waals surface area (Å²) in [7, 11) is 0. The van der Waals surface area contributed by atoms with Crippen LogP contribution < -0.4 is 21.7 Å². The van der Waals surface area contributed by atoms with Crippen molar-refractivity contribution in [3.63, 3.8) is 0 Å². The van der Waals surface area contributed by atoms with E-state index in [0.717, 1.165) is 32.7 Å². The van der Waals surface area contributed by atoms with E-state index in [1.54, 1.807) is 13.8 Å². The van der Waals surface area contributed by atoms with Crippen molar-refractivity contribution in [1.82, 2.24) is 16.0 Å². The molecule has 0 aromatic heterocycles. The fourth-order valence-corrected chi connectivity index (χ4v) is 4.57. The Labute approximate surface area is 222 Å². The maximum atomic E-state index is 13.6. The summed E-state index contributed by atoms with van der Waals surface area (Å²) in [4.78, 5) is 37.5. The third-order valence-electron chi connectivity index (χ3n) is 6.65. The third kappa shape index (κ3) is 6.75. The maximum absolute atomic E-state index is 13.6. The van der Waals surface area contributed by atoms with Gasteiger partial charge in [-0.15, -0.1) is 0 Å². The van der Waals surface area contributed by atoms with Crippen LogP contribution in [-0.4, -0.2) is 36.5 Å². The first-order valence-corrected chi connectivity index (χ1v) is 12.8. The normalized spacial score (nSPS) is 13.0. The number of nitrogens with two attached hydrogens (primary N) is 1. The van der Waals surface area contributed by atoms with E-state index in [2.05, 4.69) is 22.0 Å². The summed E-state index contributed by atoms with van der Waals surface area (Å²) in [6.45, 7) is 3.35. The summed E-state index contributed by atoms with van der Waals surface area (Å²) < 4.78 is 0. The molecule has 0 saturated heterocycles. The molecule has 0 spiro atoms. The molecule has 2 atom stereocenters. The van der Waals surface area contributed by atoms with Gasteiger partial charge in [0, 0.05) is 13.0 Å². The van der Waals surface area contributed by atoms with Crippen LogP contribution in [0.3, 0.4) is 0 Å². The van der Waals surface area contributed by atoms with Crippen LogP contribution in [0.4, 0.5) is 0 Å². The Balaban J connectivity index is 1.55. The van der Waals surface area contributed by atoms with E-state index in [0.29, 0.717) is 19.3 Å². The lowest BCUT2D eigenvalue weighted by Crippen LogP contribution is -2.53. The number of nitrogens with one attached hydrogen (secondary N) is 3. The van der Waals surface area contributed by atoms with E-state index < -0.39 is 17.6 Å². The van der Waals surface area contributed by atoms with E-state index in [4.69, 9.17) is 5.73 Å². The summed E-state index contributed by atoms with van der Waals surface area (Å²) in [5.74, 6) is -1.19. The van der Waals surface area contributed by atoms with Gasteiger partial charge in [-0.25, -0.2) is 0 Å². The molecule has 38 heavy (non-hydrogen) atoms. The topological polar surface area (TPSA) is 113 Å². The number of benzene rings is 4. The van der Waals surface area contributed by atoms with E-state index in [-0.39, 0.29) is 18.4 Å². The van der Waals surface area contributed by atoms with Crippen LogP contribution in [0.15, 0.2) is 84.9 Å². The molecular formula is C31H34N4O3. The van der Waals surface area contributed by atoms with Gasteiger partial charge in [0.1, 0.15) is 6.17 Å². The van der Waals surface area contributed by atoms with E-state index in [1.165, 1.54) is 0 Å². The standard InChI is InChI=1S/C31H34N4O3/c1-31(2,32)30(38)33-19-26(17-21-14-15-22-8-3-4-10-24(22)16-21)29(37)35-28(34-20-36)18-25-12-7-11-23-9-5-6-13-27(23)25/h3-16,20,26,28H,17-19,32H2,1-2H3,(H,33,38)(H,34,36)(H,35,37)/t26-,28+/m0/s1. The largest absolute Gasteiger partial charge is 0.354 e. The van der Waals surface area contributed by atoms with Crippen LogP contribution in [-0.2, 0) is 27.2 Å². The molecule has 0 fully saturated rings. The molecule has 0 aliphatic carbocycles. The molecule has 0 bridgehead atoms. The van der Waals surface area contributed by atoms with Crippen LogP contribution in [0.1, 0.15) is 25.0 Å². The summed E-state index contributed by atoms with van der Waals surface area (Å²) >= 11 is 0. The molecule has 5 N–H and O–H groups in total. The first-order chi connectivity index (χ1) is 18.2. The van der Waals surface area contributed by atoms with Crippen molar-refractivity contribution in [1.29, 1.82) is 0 Å². The molecule has 0 unspecified atom stereocenters. The quantitative estimate of drug-likeness (QED) is 0.183. The van der Waals surface area contributed by atoms with Gasteiger partial charge in [0.25, 0.3) is 0 Å². The first kappa shape index (κ1) is 26.8. The molecule has 7 nitrogen and oxygen atoms in total. The predicted octanol–water partition coefficient (Wildman–Crippen LogP) is 3.44. The fraction of sp³-hybridized carbons (Fsp3) is 0.258. The molecule has 3 amide bonds. The molecule has 7 heteroatoms. The van der Waals surface area contributed by atoms with Crippen LogP contribution in [0, 0.1) is 5.92 Å². The minimum absolute atomic E-state index is 0.111. The summed E-state index contributed by atoms with van der Waals surface area (Å²) in [6.07, 6.45) is 0.792. The van der Waals surface area contributed by atoms with Crippen molar-refractivity contribution in [3.8, 4) is 0 Å². The predicted molar refractivity (Wildman–Crippen MR) is 151 cm³/mol. The summed E-state index contributed by atoms with van der Waals surface area (Å²) in [5.41, 5.74) is 6.85. The molecule has 196 valence electrons. The first-order valence-electron chi connectivity index (χ1n) is 12.8. The minimum atomic E-state index is -1.07. The molecular weight excluding hydrogens is 476 g/mol. The zero-order valence-electron chi connectivity index (χ0n) is 21.7. The lowest BCUT2D eigenvalue weighted by atomic mass is 9.95. The zero-order valence-corrected chi connectivity index (χ0v) is 21.7. The van der Waals surface area contributed by atoms with Gasteiger partial charge in [-0.3, -0.25) is 14.4 Å². The van der Waals surface area contributed by atoms with Crippen LogP contribution in [0.5, 0.6) is 0 Å². The Morgan fingerprint density at radius 3 is 2.29 bits per heavy atom. The number of fused-ring (bicyclic) bond motifs is 2. The number of amides is 3. The van der Waals surface area contributed by atoms with Gasteiger partial charge in [0.2, 0.25) is 18.2 Å². The second-order valence-electron chi connectivity index (χ2n) is 10.2. The Morgan fingerprint density at radius 2 is 1.55 bits per heavy atom. The van der Waals surface area contributed by atoms with E-state index in [1.807, 2.05) is 78.9 Å². The lowest BCUT2D eigenvalue weighted by molar-refractivity contribution is -0.127. The summed E-state index contributed by atoms with van der Waals surface area (Å²) in [5, 5.41) is 12.9. The van der Waals surface area contributed by atoms with Crippen LogP contribution >= 0.6 is 0 Å². The Bertz CT molecular complexity index is 1440. The molecule has 0 radical (unpaired) electrons. The number of hydrogen-bond donors (Lipinski definition) is 4. The zero-order chi connectivity index (χ0) is 27.1. The second kappa shape index (κ2) is 11.9. The van der Waals surface area contributed by atoms with E-state index >= 15 is 0 Å². The molecule has 0 heterocycles. The van der Waals surface area contributed by atoms with Crippen molar-refractivity contribution in [3.05, 3.63) is 96.1 Å². The maximum Gasteiger partial charge on any atom is 0.239 e. The number of hydrogen-bond acceptors (Lipinski definition) is 4. The fourth-order valence-electron chi connectivity index (χ4n) is 4.57. The number of carbonyl (C=O) groups excluding carboxylic acids is 3. The van der Waals surface area contributed by atoms with Gasteiger partial charge in [-0.05, 0) is 52.9 Å². The van der Waals surface area contributed by atoms with Crippen LogP contribution in [0.2, 0.25) is 0 Å². The van der Waals surface area contributed by atoms with Crippen molar-refractivity contribution in [2.75, 3.05) is 6.54 Å². The molecule has 0 saturated carbocycles. The summed E-state index contributed by atoms with van der Waals surface area (Å²) in [6, 6.07) is 28.1. The smallest absolute Gasteiger partial charge is 0.239 e. The van der Waals surface area contributed by atoms with Gasteiger partial charge in [0.05, 0.1) is 11.5 Å². The highest BCUT2D eigenvalue weighted by Gasteiger charge is 2.27. The van der Waals surface area contributed by atoms with E-state index in [9.17, 15) is 14.4 Å². The molecule has 4 aromatic carbocycles. The molecule has 0 aliphatic rings. The second-order valence-corrected chi connectivity index (χ2v) is 10.2. The highest BCUT2D eigenvalue weighted by Crippen LogP contribution is 2.21. The van der Waals surface area contributed by atoms with Crippen molar-refractivity contribution in [2.24, 2.45) is 11.7 Å². The Kier molecular flexibility index (Phi) is 8.38. The monoisotopic (exact) mass is 510 g/mol. The third-order valence-corrected chi connectivity index (χ3v) is 6.65.